The normalized spacial score (nSPS) is 15.6. The fraction of sp³-hybridized carbons (Fsp3) is 0.0769. The first kappa shape index (κ1) is 9.60. The van der Waals surface area contributed by atoms with E-state index in [1.165, 1.54) is 5.56 Å². The summed E-state index contributed by atoms with van der Waals surface area (Å²) in [5.41, 5.74) is 2.95. The summed E-state index contributed by atoms with van der Waals surface area (Å²) in [5, 5.41) is 0. The number of rotatable bonds is 1. The van der Waals surface area contributed by atoms with E-state index in [4.69, 9.17) is 0 Å². The predicted molar refractivity (Wildman–Crippen MR) is 62.1 cm³/mol. The van der Waals surface area contributed by atoms with Crippen LogP contribution in [0.2, 0.25) is 0 Å². The molecule has 3 rings (SSSR count). The number of sulfone groups is 1. The number of hydrogen-bond acceptors (Lipinski definition) is 2. The largest absolute Gasteiger partial charge is 0.218 e. The summed E-state index contributed by atoms with van der Waals surface area (Å²) in [6.07, 6.45) is 0. The van der Waals surface area contributed by atoms with E-state index in [-0.39, 0.29) is 0 Å². The first-order valence-electron chi connectivity index (χ1n) is 5.06. The van der Waals surface area contributed by atoms with E-state index in [1.807, 2.05) is 37.3 Å². The maximum atomic E-state index is 11.6. The van der Waals surface area contributed by atoms with Crippen LogP contribution in [0, 0.1) is 6.92 Å². The second-order valence-electron chi connectivity index (χ2n) is 4.00. The molecule has 0 fully saturated rings. The van der Waals surface area contributed by atoms with Gasteiger partial charge in [-0.2, -0.15) is 0 Å². The predicted octanol–water partition coefficient (Wildman–Crippen LogP) is 2.81. The summed E-state index contributed by atoms with van der Waals surface area (Å²) >= 11 is 0. The molecule has 2 aromatic rings. The topological polar surface area (TPSA) is 34.1 Å². The Morgan fingerprint density at radius 2 is 1.62 bits per heavy atom. The Kier molecular flexibility index (Phi) is 1.77. The minimum Gasteiger partial charge on any atom is -0.218 e. The lowest BCUT2D eigenvalue weighted by atomic mass is 10.0. The van der Waals surface area contributed by atoms with Crippen molar-refractivity contribution in [1.29, 1.82) is 0 Å². The van der Waals surface area contributed by atoms with Gasteiger partial charge in [-0.15, -0.1) is 0 Å². The molecule has 0 radical (unpaired) electrons. The average molecular weight is 230 g/mol. The highest BCUT2D eigenvalue weighted by molar-refractivity contribution is 7.97. The first-order chi connectivity index (χ1) is 7.60. The smallest absolute Gasteiger partial charge is 0.209 e. The van der Waals surface area contributed by atoms with Crippen LogP contribution in [0.1, 0.15) is 5.56 Å². The fourth-order valence-corrected chi connectivity index (χ4v) is 3.45. The van der Waals surface area contributed by atoms with Crippen molar-refractivity contribution in [2.45, 2.75) is 16.7 Å². The lowest BCUT2D eigenvalue weighted by molar-refractivity contribution is 0.612. The van der Waals surface area contributed by atoms with Crippen LogP contribution in [0.25, 0.3) is 11.1 Å². The molecule has 0 bridgehead atoms. The van der Waals surface area contributed by atoms with Crippen molar-refractivity contribution in [2.24, 2.45) is 0 Å². The molecule has 0 spiro atoms. The Morgan fingerprint density at radius 1 is 0.938 bits per heavy atom. The lowest BCUT2D eigenvalue weighted by Crippen LogP contribution is -1.79. The van der Waals surface area contributed by atoms with Gasteiger partial charge in [0.05, 0.1) is 9.79 Å². The molecule has 1 aliphatic heterocycles. The molecule has 0 saturated heterocycles. The number of benzene rings is 2. The van der Waals surface area contributed by atoms with E-state index in [2.05, 4.69) is 0 Å². The lowest BCUT2D eigenvalue weighted by Gasteiger charge is -1.99. The second kappa shape index (κ2) is 2.95. The Bertz CT molecular complexity index is 668. The van der Waals surface area contributed by atoms with Crippen molar-refractivity contribution in [3.05, 3.63) is 48.0 Å². The van der Waals surface area contributed by atoms with Crippen LogP contribution in [0.15, 0.2) is 52.3 Å². The van der Waals surface area contributed by atoms with Gasteiger partial charge in [0, 0.05) is 5.56 Å². The van der Waals surface area contributed by atoms with Crippen molar-refractivity contribution in [3.8, 4) is 11.1 Å². The minimum atomic E-state index is -3.07. The van der Waals surface area contributed by atoms with E-state index < -0.39 is 9.84 Å². The van der Waals surface area contributed by atoms with E-state index in [0.717, 1.165) is 11.1 Å². The van der Waals surface area contributed by atoms with Gasteiger partial charge < -0.3 is 0 Å². The molecule has 80 valence electrons. The molecule has 1 aliphatic rings. The monoisotopic (exact) mass is 230 g/mol. The van der Waals surface area contributed by atoms with Crippen LogP contribution >= 0.6 is 0 Å². The van der Waals surface area contributed by atoms with Gasteiger partial charge in [-0.3, -0.25) is 0 Å². The van der Waals surface area contributed by atoms with E-state index in [0.29, 0.717) is 9.79 Å². The Labute approximate surface area is 94.5 Å². The summed E-state index contributed by atoms with van der Waals surface area (Å²) in [7, 11) is -3.07. The Balaban J connectivity index is 2.21. The third-order valence-corrected chi connectivity index (χ3v) is 4.55. The minimum absolute atomic E-state index is 0.477. The zero-order valence-electron chi connectivity index (χ0n) is 8.77. The molecule has 16 heavy (non-hydrogen) atoms. The van der Waals surface area contributed by atoms with Gasteiger partial charge in [-0.05, 0) is 18.6 Å². The van der Waals surface area contributed by atoms with E-state index in [1.54, 1.807) is 12.1 Å². The SMILES string of the molecule is Cc1ccc(-c2cccc3c2S3(=O)=O)cc1. The molecule has 0 atom stereocenters. The molecule has 2 nitrogen and oxygen atoms in total. The van der Waals surface area contributed by atoms with Gasteiger partial charge in [0.2, 0.25) is 9.84 Å². The van der Waals surface area contributed by atoms with Crippen molar-refractivity contribution < 1.29 is 8.42 Å². The molecular formula is C13H10O2S. The zero-order chi connectivity index (χ0) is 11.3. The Hall–Kier alpha value is -1.61. The summed E-state index contributed by atoms with van der Waals surface area (Å²) in [6, 6.07) is 13.2. The molecule has 0 amide bonds. The van der Waals surface area contributed by atoms with Gasteiger partial charge in [0.15, 0.2) is 0 Å². The molecule has 0 aromatic heterocycles. The zero-order valence-corrected chi connectivity index (χ0v) is 9.58. The summed E-state index contributed by atoms with van der Waals surface area (Å²) < 4.78 is 23.2. The van der Waals surface area contributed by atoms with Crippen LogP contribution in [-0.2, 0) is 9.84 Å². The van der Waals surface area contributed by atoms with Gasteiger partial charge in [-0.25, -0.2) is 8.42 Å². The highest BCUT2D eigenvalue weighted by Crippen LogP contribution is 2.46. The van der Waals surface area contributed by atoms with Crippen LogP contribution in [-0.4, -0.2) is 8.42 Å². The van der Waals surface area contributed by atoms with Crippen LogP contribution in [0.3, 0.4) is 0 Å². The summed E-state index contributed by atoms with van der Waals surface area (Å²) in [4.78, 5) is 0.976. The number of aryl methyl sites for hydroxylation is 1. The fourth-order valence-electron chi connectivity index (χ4n) is 1.92. The molecule has 2 aromatic carbocycles. The van der Waals surface area contributed by atoms with Crippen molar-refractivity contribution in [1.82, 2.24) is 0 Å². The molecule has 1 heterocycles. The van der Waals surface area contributed by atoms with E-state index >= 15 is 0 Å². The third kappa shape index (κ3) is 1.21. The Morgan fingerprint density at radius 3 is 2.31 bits per heavy atom. The molecule has 3 heteroatoms. The van der Waals surface area contributed by atoms with Crippen molar-refractivity contribution >= 4 is 9.84 Å². The van der Waals surface area contributed by atoms with Gasteiger partial charge in [-0.1, -0.05) is 42.0 Å². The quantitative estimate of drug-likeness (QED) is 0.602. The van der Waals surface area contributed by atoms with Crippen LogP contribution < -0.4 is 0 Å². The first-order valence-corrected chi connectivity index (χ1v) is 6.54. The maximum absolute atomic E-state index is 11.6. The van der Waals surface area contributed by atoms with Crippen LogP contribution in [0.4, 0.5) is 0 Å². The van der Waals surface area contributed by atoms with E-state index in [9.17, 15) is 8.42 Å². The van der Waals surface area contributed by atoms with Gasteiger partial charge in [0.1, 0.15) is 0 Å². The van der Waals surface area contributed by atoms with Crippen molar-refractivity contribution in [2.75, 3.05) is 0 Å². The van der Waals surface area contributed by atoms with Crippen molar-refractivity contribution in [3.63, 3.8) is 0 Å². The molecular weight excluding hydrogens is 220 g/mol. The maximum Gasteiger partial charge on any atom is 0.209 e. The highest BCUT2D eigenvalue weighted by Gasteiger charge is 2.41. The third-order valence-electron chi connectivity index (χ3n) is 2.86. The van der Waals surface area contributed by atoms with Gasteiger partial charge >= 0.3 is 0 Å². The standard InChI is InChI=1S/C13H10O2S/c1-9-5-7-10(8-6-9)11-3-2-4-12-13(11)16(12,14)15/h2-8H,1H3. The number of hydrogen-bond donors (Lipinski definition) is 0. The second-order valence-corrected chi connectivity index (χ2v) is 5.86. The van der Waals surface area contributed by atoms with Gasteiger partial charge in [0.25, 0.3) is 0 Å². The highest BCUT2D eigenvalue weighted by atomic mass is 32.2. The molecule has 0 unspecified atom stereocenters. The molecule has 0 saturated carbocycles. The molecule has 0 N–H and O–H groups in total. The summed E-state index contributed by atoms with van der Waals surface area (Å²) in [5.74, 6) is 0. The average Bonchev–Trinajstić information content (AvgIpc) is 2.84. The number of fused-ring (bicyclic) bond motifs is 1. The molecule has 0 aliphatic carbocycles. The van der Waals surface area contributed by atoms with Crippen LogP contribution in [0.5, 0.6) is 0 Å². The summed E-state index contributed by atoms with van der Waals surface area (Å²) in [6.45, 7) is 2.01.